The van der Waals surface area contributed by atoms with E-state index in [9.17, 15) is 9.59 Å². The highest BCUT2D eigenvalue weighted by atomic mass is 35.5. The van der Waals surface area contributed by atoms with Crippen molar-refractivity contribution in [3.8, 4) is 0 Å². The second-order valence-corrected chi connectivity index (χ2v) is 8.72. The van der Waals surface area contributed by atoms with Crippen molar-refractivity contribution in [2.24, 2.45) is 10.7 Å². The first-order valence-electron chi connectivity index (χ1n) is 9.84. The summed E-state index contributed by atoms with van der Waals surface area (Å²) in [7, 11) is 0. The molecule has 1 aliphatic heterocycles. The van der Waals surface area contributed by atoms with Crippen LogP contribution in [0.25, 0.3) is 0 Å². The number of nitrogens with two attached hydrogens (primary N) is 1. The Morgan fingerprint density at radius 2 is 2.00 bits per heavy atom. The Morgan fingerprint density at radius 3 is 2.70 bits per heavy atom. The van der Waals surface area contributed by atoms with Crippen LogP contribution in [0, 0.1) is 0 Å². The van der Waals surface area contributed by atoms with Crippen LogP contribution in [-0.2, 0) is 22.5 Å². The molecular weight excluding hydrogens is 402 g/mol. The maximum atomic E-state index is 12.4. The van der Waals surface area contributed by atoms with Crippen molar-refractivity contribution in [1.82, 2.24) is 5.32 Å². The molecular formula is C23H26ClN3O3. The van der Waals surface area contributed by atoms with Crippen molar-refractivity contribution in [3.05, 3.63) is 69.7 Å². The minimum absolute atomic E-state index is 0.209. The van der Waals surface area contributed by atoms with Gasteiger partial charge in [-0.2, -0.15) is 0 Å². The number of hydrogen-bond donors (Lipinski definition) is 2. The quantitative estimate of drug-likeness (QED) is 0.728. The lowest BCUT2D eigenvalue weighted by Gasteiger charge is -2.21. The number of aliphatic imine (C=N–C) groups is 1. The van der Waals surface area contributed by atoms with Crippen molar-refractivity contribution in [2.45, 2.75) is 51.8 Å². The molecule has 2 aromatic rings. The number of rotatable bonds is 4. The number of carbonyl (C=O) groups excluding carboxylic acids is 2. The number of fused-ring (bicyclic) bond motifs is 1. The van der Waals surface area contributed by atoms with Gasteiger partial charge in [0.15, 0.2) is 0 Å². The standard InChI is InChI=1S/C23H26ClN3O3/c1-23(2,3)30-22(29)19-10-9-15-8-7-14(11-18(15)20(25)27-19)13-26-21(28)16-5-4-6-17(24)12-16/h4-8,11-12,19H,9-10,13H2,1-3H3,(H2,25,27)(H,26,28). The summed E-state index contributed by atoms with van der Waals surface area (Å²) in [6.45, 7) is 5.82. The molecule has 3 rings (SSSR count). The minimum atomic E-state index is -0.623. The van der Waals surface area contributed by atoms with Crippen LogP contribution in [0.2, 0.25) is 5.02 Å². The topological polar surface area (TPSA) is 93.8 Å². The van der Waals surface area contributed by atoms with E-state index < -0.39 is 11.6 Å². The fraction of sp³-hybridized carbons (Fsp3) is 0.348. The molecule has 7 heteroatoms. The molecule has 0 aromatic heterocycles. The van der Waals surface area contributed by atoms with Crippen molar-refractivity contribution in [3.63, 3.8) is 0 Å². The van der Waals surface area contributed by atoms with Gasteiger partial charge >= 0.3 is 5.97 Å². The second kappa shape index (κ2) is 8.88. The predicted molar refractivity (Wildman–Crippen MR) is 118 cm³/mol. The first kappa shape index (κ1) is 21.8. The zero-order chi connectivity index (χ0) is 21.9. The molecule has 1 aliphatic rings. The first-order valence-corrected chi connectivity index (χ1v) is 10.2. The molecule has 30 heavy (non-hydrogen) atoms. The molecule has 0 spiro atoms. The Labute approximate surface area is 181 Å². The number of amides is 1. The van der Waals surface area contributed by atoms with E-state index in [1.807, 2.05) is 39.0 Å². The summed E-state index contributed by atoms with van der Waals surface area (Å²) in [5.41, 5.74) is 8.83. The van der Waals surface area contributed by atoms with E-state index in [2.05, 4.69) is 10.3 Å². The molecule has 0 bridgehead atoms. The fourth-order valence-electron chi connectivity index (χ4n) is 3.24. The van der Waals surface area contributed by atoms with Gasteiger partial charge in [-0.3, -0.25) is 9.79 Å². The highest BCUT2D eigenvalue weighted by Gasteiger charge is 2.27. The number of benzene rings is 2. The average molecular weight is 428 g/mol. The molecule has 0 radical (unpaired) electrons. The molecule has 1 atom stereocenters. The van der Waals surface area contributed by atoms with E-state index >= 15 is 0 Å². The maximum Gasteiger partial charge on any atom is 0.331 e. The number of amidine groups is 1. The number of nitrogens with zero attached hydrogens (tertiary/aromatic N) is 1. The maximum absolute atomic E-state index is 12.4. The Bertz CT molecular complexity index is 995. The Kier molecular flexibility index (Phi) is 6.46. The number of hydrogen-bond acceptors (Lipinski definition) is 5. The molecule has 1 heterocycles. The van der Waals surface area contributed by atoms with Crippen LogP contribution >= 0.6 is 11.6 Å². The molecule has 1 unspecified atom stereocenters. The van der Waals surface area contributed by atoms with Crippen molar-refractivity contribution < 1.29 is 14.3 Å². The zero-order valence-corrected chi connectivity index (χ0v) is 18.1. The van der Waals surface area contributed by atoms with Gasteiger partial charge in [-0.05, 0) is 69.0 Å². The summed E-state index contributed by atoms with van der Waals surface area (Å²) in [6.07, 6.45) is 1.20. The molecule has 0 saturated heterocycles. The van der Waals surface area contributed by atoms with Gasteiger partial charge in [-0.1, -0.05) is 29.8 Å². The third kappa shape index (κ3) is 5.60. The van der Waals surface area contributed by atoms with Crippen LogP contribution < -0.4 is 11.1 Å². The van der Waals surface area contributed by atoms with Crippen LogP contribution in [0.4, 0.5) is 0 Å². The van der Waals surface area contributed by atoms with E-state index in [0.717, 1.165) is 16.7 Å². The average Bonchev–Trinajstić information content (AvgIpc) is 2.84. The van der Waals surface area contributed by atoms with Gasteiger partial charge < -0.3 is 15.8 Å². The van der Waals surface area contributed by atoms with E-state index in [-0.39, 0.29) is 11.9 Å². The minimum Gasteiger partial charge on any atom is -0.458 e. The number of halogens is 1. The molecule has 3 N–H and O–H groups in total. The van der Waals surface area contributed by atoms with E-state index in [1.165, 1.54) is 0 Å². The molecule has 0 aliphatic carbocycles. The van der Waals surface area contributed by atoms with Crippen LogP contribution in [0.5, 0.6) is 0 Å². The predicted octanol–water partition coefficient (Wildman–Crippen LogP) is 3.63. The van der Waals surface area contributed by atoms with Crippen LogP contribution in [-0.4, -0.2) is 29.4 Å². The van der Waals surface area contributed by atoms with Gasteiger partial charge in [0, 0.05) is 22.7 Å². The monoisotopic (exact) mass is 427 g/mol. The second-order valence-electron chi connectivity index (χ2n) is 8.29. The number of aryl methyl sites for hydroxylation is 1. The molecule has 2 aromatic carbocycles. The lowest BCUT2D eigenvalue weighted by molar-refractivity contribution is -0.156. The van der Waals surface area contributed by atoms with Crippen molar-refractivity contribution in [2.75, 3.05) is 0 Å². The fourth-order valence-corrected chi connectivity index (χ4v) is 3.43. The number of carbonyl (C=O) groups is 2. The Balaban J connectivity index is 1.72. The summed E-state index contributed by atoms with van der Waals surface area (Å²) in [6, 6.07) is 12.0. The largest absolute Gasteiger partial charge is 0.458 e. The van der Waals surface area contributed by atoms with E-state index in [1.54, 1.807) is 24.3 Å². The summed E-state index contributed by atoms with van der Waals surface area (Å²) < 4.78 is 5.46. The van der Waals surface area contributed by atoms with Gasteiger partial charge in [-0.25, -0.2) is 4.79 Å². The van der Waals surface area contributed by atoms with Gasteiger partial charge in [-0.15, -0.1) is 0 Å². The van der Waals surface area contributed by atoms with E-state index in [0.29, 0.717) is 35.8 Å². The lowest BCUT2D eigenvalue weighted by Crippen LogP contribution is -2.32. The summed E-state index contributed by atoms with van der Waals surface area (Å²) in [5.74, 6) is -0.271. The van der Waals surface area contributed by atoms with Gasteiger partial charge in [0.1, 0.15) is 17.5 Å². The summed E-state index contributed by atoms with van der Waals surface area (Å²) in [5, 5.41) is 3.39. The SMILES string of the molecule is CC(C)(C)OC(=O)C1CCc2ccc(CNC(=O)c3cccc(Cl)c3)cc2C(N)=N1. The molecule has 0 fully saturated rings. The van der Waals surface area contributed by atoms with Gasteiger partial charge in [0.2, 0.25) is 0 Å². The highest BCUT2D eigenvalue weighted by molar-refractivity contribution is 6.30. The van der Waals surface area contributed by atoms with Crippen LogP contribution in [0.15, 0.2) is 47.5 Å². The van der Waals surface area contributed by atoms with Crippen LogP contribution in [0.3, 0.4) is 0 Å². The number of ether oxygens (including phenoxy) is 1. The van der Waals surface area contributed by atoms with E-state index in [4.69, 9.17) is 22.1 Å². The zero-order valence-electron chi connectivity index (χ0n) is 17.4. The summed E-state index contributed by atoms with van der Waals surface area (Å²) >= 11 is 5.95. The van der Waals surface area contributed by atoms with Crippen molar-refractivity contribution in [1.29, 1.82) is 0 Å². The third-order valence-corrected chi connectivity index (χ3v) is 4.89. The number of esters is 1. The lowest BCUT2D eigenvalue weighted by atomic mass is 9.99. The highest BCUT2D eigenvalue weighted by Crippen LogP contribution is 2.22. The molecule has 1 amide bonds. The van der Waals surface area contributed by atoms with Crippen molar-refractivity contribution >= 4 is 29.3 Å². The first-order chi connectivity index (χ1) is 14.1. The van der Waals surface area contributed by atoms with Gasteiger partial charge in [0.05, 0.1) is 0 Å². The normalized spacial score (nSPS) is 16.1. The Morgan fingerprint density at radius 1 is 1.23 bits per heavy atom. The number of nitrogens with one attached hydrogen (secondary N) is 1. The molecule has 158 valence electrons. The third-order valence-electron chi connectivity index (χ3n) is 4.65. The Hall–Kier alpha value is -2.86. The van der Waals surface area contributed by atoms with Gasteiger partial charge in [0.25, 0.3) is 5.91 Å². The molecule has 6 nitrogen and oxygen atoms in total. The summed E-state index contributed by atoms with van der Waals surface area (Å²) in [4.78, 5) is 29.2. The smallest absolute Gasteiger partial charge is 0.331 e. The van der Waals surface area contributed by atoms with Crippen LogP contribution in [0.1, 0.15) is 54.2 Å². The molecule has 0 saturated carbocycles.